The first kappa shape index (κ1) is 22.6. The number of nitrogens with one attached hydrogen (secondary N) is 2. The minimum Gasteiger partial charge on any atom is -0.497 e. The maximum Gasteiger partial charge on any atom is 0.221 e. The van der Waals surface area contributed by atoms with Gasteiger partial charge in [0.05, 0.1) is 28.4 Å². The average Bonchev–Trinajstić information content (AvgIpc) is 2.66. The van der Waals surface area contributed by atoms with E-state index in [0.29, 0.717) is 34.4 Å². The summed E-state index contributed by atoms with van der Waals surface area (Å²) in [6.45, 7) is 2.90. The zero-order chi connectivity index (χ0) is 21.1. The predicted molar refractivity (Wildman–Crippen MR) is 108 cm³/mol. The molecule has 0 aliphatic rings. The van der Waals surface area contributed by atoms with Crippen molar-refractivity contribution in [2.24, 2.45) is 0 Å². The largest absolute Gasteiger partial charge is 0.497 e. The van der Waals surface area contributed by atoms with E-state index in [9.17, 15) is 9.59 Å². The summed E-state index contributed by atoms with van der Waals surface area (Å²) < 4.78 is 20.2. The highest BCUT2D eigenvalue weighted by molar-refractivity contribution is 5.89. The number of rotatable bonds is 6. The smallest absolute Gasteiger partial charge is 0.221 e. The summed E-state index contributed by atoms with van der Waals surface area (Å²) in [7, 11) is 6.25. The normalized spacial score (nSPS) is 9.36. The molecule has 2 amide bonds. The molecule has 152 valence electrons. The van der Waals surface area contributed by atoms with E-state index in [-0.39, 0.29) is 11.8 Å². The molecule has 28 heavy (non-hydrogen) atoms. The lowest BCUT2D eigenvalue weighted by atomic mass is 10.2. The lowest BCUT2D eigenvalue weighted by Gasteiger charge is -2.08. The highest BCUT2D eigenvalue weighted by Crippen LogP contribution is 2.26. The SMILES string of the molecule is COc1cc(NC(C)=O)cc(OC)c1.COc1cc(NC(C)=O)cc(OC)c1. The van der Waals surface area contributed by atoms with Crippen molar-refractivity contribution in [3.63, 3.8) is 0 Å². The van der Waals surface area contributed by atoms with Crippen molar-refractivity contribution >= 4 is 23.2 Å². The molecule has 0 radical (unpaired) electrons. The van der Waals surface area contributed by atoms with Gasteiger partial charge < -0.3 is 29.6 Å². The second-order valence-corrected chi connectivity index (χ2v) is 5.57. The quantitative estimate of drug-likeness (QED) is 0.786. The first-order chi connectivity index (χ1) is 13.3. The predicted octanol–water partition coefficient (Wildman–Crippen LogP) is 3.32. The first-order valence-electron chi connectivity index (χ1n) is 8.32. The summed E-state index contributed by atoms with van der Waals surface area (Å²) >= 11 is 0. The number of amides is 2. The molecule has 0 aliphatic carbocycles. The molecule has 2 aromatic carbocycles. The van der Waals surface area contributed by atoms with Gasteiger partial charge in [0.1, 0.15) is 23.0 Å². The van der Waals surface area contributed by atoms with E-state index in [1.165, 1.54) is 13.8 Å². The molecule has 8 heteroatoms. The van der Waals surface area contributed by atoms with Crippen molar-refractivity contribution in [2.45, 2.75) is 13.8 Å². The molecule has 0 saturated heterocycles. The van der Waals surface area contributed by atoms with E-state index < -0.39 is 0 Å². The van der Waals surface area contributed by atoms with Gasteiger partial charge in [-0.05, 0) is 0 Å². The molecule has 2 N–H and O–H groups in total. The van der Waals surface area contributed by atoms with Crippen LogP contribution >= 0.6 is 0 Å². The third-order valence-corrected chi connectivity index (χ3v) is 3.34. The zero-order valence-electron chi connectivity index (χ0n) is 16.9. The Balaban J connectivity index is 0.000000280. The Kier molecular flexibility index (Phi) is 9.15. The fraction of sp³-hybridized carbons (Fsp3) is 0.300. The molecule has 0 unspecified atom stereocenters. The second-order valence-electron chi connectivity index (χ2n) is 5.57. The Hall–Kier alpha value is -3.42. The average molecular weight is 390 g/mol. The van der Waals surface area contributed by atoms with E-state index in [4.69, 9.17) is 18.9 Å². The number of carbonyl (C=O) groups excluding carboxylic acids is 2. The van der Waals surface area contributed by atoms with Crippen molar-refractivity contribution < 1.29 is 28.5 Å². The molecule has 8 nitrogen and oxygen atoms in total. The van der Waals surface area contributed by atoms with Gasteiger partial charge in [-0.2, -0.15) is 0 Å². The van der Waals surface area contributed by atoms with E-state index >= 15 is 0 Å². The molecule has 2 rings (SSSR count). The van der Waals surface area contributed by atoms with Gasteiger partial charge in [0, 0.05) is 61.6 Å². The second kappa shape index (κ2) is 11.3. The molecule has 0 saturated carbocycles. The van der Waals surface area contributed by atoms with Crippen LogP contribution in [0.5, 0.6) is 23.0 Å². The van der Waals surface area contributed by atoms with Crippen molar-refractivity contribution in [2.75, 3.05) is 39.1 Å². The summed E-state index contributed by atoms with van der Waals surface area (Å²) in [5.41, 5.74) is 1.32. The molecule has 0 aromatic heterocycles. The Morgan fingerprint density at radius 2 is 0.821 bits per heavy atom. The fourth-order valence-electron chi connectivity index (χ4n) is 2.17. The zero-order valence-corrected chi connectivity index (χ0v) is 16.9. The summed E-state index contributed by atoms with van der Waals surface area (Å²) in [6, 6.07) is 10.4. The molecule has 0 bridgehead atoms. The minimum absolute atomic E-state index is 0.125. The van der Waals surface area contributed by atoms with Crippen molar-refractivity contribution in [1.82, 2.24) is 0 Å². The van der Waals surface area contributed by atoms with E-state index in [1.54, 1.807) is 64.8 Å². The van der Waals surface area contributed by atoms with Gasteiger partial charge in [-0.25, -0.2) is 0 Å². The van der Waals surface area contributed by atoms with Gasteiger partial charge in [0.25, 0.3) is 0 Å². The number of hydrogen-bond donors (Lipinski definition) is 2. The van der Waals surface area contributed by atoms with E-state index in [1.807, 2.05) is 0 Å². The van der Waals surface area contributed by atoms with Crippen LogP contribution < -0.4 is 29.6 Å². The number of ether oxygens (including phenoxy) is 4. The van der Waals surface area contributed by atoms with E-state index in [0.717, 1.165) is 0 Å². The molecule has 0 atom stereocenters. The summed E-state index contributed by atoms with van der Waals surface area (Å²) in [5, 5.41) is 5.31. The molecular formula is C20H26N2O6. The summed E-state index contributed by atoms with van der Waals surface area (Å²) in [5.74, 6) is 2.34. The third-order valence-electron chi connectivity index (χ3n) is 3.34. The van der Waals surface area contributed by atoms with Crippen LogP contribution in [0.4, 0.5) is 11.4 Å². The molecule has 0 fully saturated rings. The number of methoxy groups -OCH3 is 4. The molecule has 0 heterocycles. The van der Waals surface area contributed by atoms with E-state index in [2.05, 4.69) is 10.6 Å². The number of benzene rings is 2. The maximum absolute atomic E-state index is 10.8. The summed E-state index contributed by atoms with van der Waals surface area (Å²) in [6.07, 6.45) is 0. The van der Waals surface area contributed by atoms with Gasteiger partial charge in [0.2, 0.25) is 11.8 Å². The lowest BCUT2D eigenvalue weighted by molar-refractivity contribution is -0.115. The molecule has 0 spiro atoms. The van der Waals surface area contributed by atoms with Crippen molar-refractivity contribution in [1.29, 1.82) is 0 Å². The van der Waals surface area contributed by atoms with Crippen LogP contribution in [-0.4, -0.2) is 40.3 Å². The van der Waals surface area contributed by atoms with Crippen LogP contribution in [-0.2, 0) is 9.59 Å². The van der Waals surface area contributed by atoms with Gasteiger partial charge in [-0.1, -0.05) is 0 Å². The maximum atomic E-state index is 10.8. The van der Waals surface area contributed by atoms with Crippen LogP contribution in [0.25, 0.3) is 0 Å². The van der Waals surface area contributed by atoms with Crippen molar-refractivity contribution in [3.05, 3.63) is 36.4 Å². The number of hydrogen-bond acceptors (Lipinski definition) is 6. The van der Waals surface area contributed by atoms with Crippen LogP contribution in [0.2, 0.25) is 0 Å². The summed E-state index contributed by atoms with van der Waals surface area (Å²) in [4.78, 5) is 21.6. The molecular weight excluding hydrogens is 364 g/mol. The van der Waals surface area contributed by atoms with Gasteiger partial charge >= 0.3 is 0 Å². The third kappa shape index (κ3) is 7.86. The van der Waals surface area contributed by atoms with Crippen molar-refractivity contribution in [3.8, 4) is 23.0 Å². The fourth-order valence-corrected chi connectivity index (χ4v) is 2.17. The number of carbonyl (C=O) groups is 2. The Morgan fingerprint density at radius 1 is 0.571 bits per heavy atom. The van der Waals surface area contributed by atoms with Gasteiger partial charge in [0.15, 0.2) is 0 Å². The molecule has 2 aromatic rings. The standard InChI is InChI=1S/2C10H13NO3/c2*1-7(12)11-8-4-9(13-2)6-10(5-8)14-3/h2*4-6H,1-3H3,(H,11,12). The van der Waals surface area contributed by atoms with Gasteiger partial charge in [-0.3, -0.25) is 9.59 Å². The van der Waals surface area contributed by atoms with Crippen LogP contribution in [0.15, 0.2) is 36.4 Å². The number of anilines is 2. The van der Waals surface area contributed by atoms with Gasteiger partial charge in [-0.15, -0.1) is 0 Å². The Labute approximate surface area is 164 Å². The Morgan fingerprint density at radius 3 is 1.00 bits per heavy atom. The highest BCUT2D eigenvalue weighted by Gasteiger charge is 2.03. The first-order valence-corrected chi connectivity index (χ1v) is 8.32. The monoisotopic (exact) mass is 390 g/mol. The topological polar surface area (TPSA) is 95.1 Å². The Bertz CT molecular complexity index is 695. The highest BCUT2D eigenvalue weighted by atomic mass is 16.5. The van der Waals surface area contributed by atoms with Crippen LogP contribution in [0.1, 0.15) is 13.8 Å². The van der Waals surface area contributed by atoms with Crippen LogP contribution in [0.3, 0.4) is 0 Å². The minimum atomic E-state index is -0.125. The van der Waals surface area contributed by atoms with Crippen LogP contribution in [0, 0.1) is 0 Å². The molecule has 0 aliphatic heterocycles. The lowest BCUT2D eigenvalue weighted by Crippen LogP contribution is -2.05.